The molecule has 0 bridgehead atoms. The third-order valence-corrected chi connectivity index (χ3v) is 4.22. The van der Waals surface area contributed by atoms with Crippen molar-refractivity contribution >= 4 is 43.3 Å². The van der Waals surface area contributed by atoms with Crippen LogP contribution >= 0.6 is 11.3 Å². The second-order valence-corrected chi connectivity index (χ2v) is 7.52. The molecule has 0 amide bonds. The number of aromatic nitrogens is 2. The van der Waals surface area contributed by atoms with Crippen molar-refractivity contribution in [2.24, 2.45) is 0 Å². The number of aryl methyl sites for hydroxylation is 1. The van der Waals surface area contributed by atoms with Gasteiger partial charge in [-0.05, 0) is 19.4 Å². The minimum atomic E-state index is -3.13. The number of nitrogens with two attached hydrogens (primary N) is 1. The topological polar surface area (TPSA) is 110 Å². The maximum atomic E-state index is 10.9. The summed E-state index contributed by atoms with van der Waals surface area (Å²) in [6.45, 7) is 2.99. The average molecular weight is 315 g/mol. The van der Waals surface area contributed by atoms with Gasteiger partial charge in [-0.25, -0.2) is 18.1 Å². The van der Waals surface area contributed by atoms with Gasteiger partial charge < -0.3 is 11.1 Å². The van der Waals surface area contributed by atoms with E-state index in [4.69, 9.17) is 5.73 Å². The van der Waals surface area contributed by atoms with Gasteiger partial charge in [0.1, 0.15) is 10.6 Å². The zero-order valence-electron chi connectivity index (χ0n) is 11.3. The number of nitrogen functional groups attached to an aromatic ring is 1. The average Bonchev–Trinajstić information content (AvgIpc) is 2.67. The van der Waals surface area contributed by atoms with Crippen LogP contribution in [0, 0.1) is 6.92 Å². The van der Waals surface area contributed by atoms with Crippen LogP contribution in [0.1, 0.15) is 11.3 Å². The zero-order chi connectivity index (χ0) is 14.8. The Hall–Kier alpha value is -1.45. The van der Waals surface area contributed by atoms with E-state index >= 15 is 0 Å². The number of hydrogen-bond acceptors (Lipinski definition) is 7. The maximum Gasteiger partial charge on any atom is 0.223 e. The highest BCUT2D eigenvalue weighted by Crippen LogP contribution is 2.28. The molecule has 2 aromatic heterocycles. The predicted molar refractivity (Wildman–Crippen MR) is 82.5 cm³/mol. The quantitative estimate of drug-likeness (QED) is 0.684. The summed E-state index contributed by atoms with van der Waals surface area (Å²) in [7, 11) is -3.13. The van der Waals surface area contributed by atoms with Crippen LogP contribution in [0.3, 0.4) is 0 Å². The number of thiophene rings is 1. The van der Waals surface area contributed by atoms with Gasteiger partial charge in [0.25, 0.3) is 0 Å². The molecule has 0 spiro atoms. The number of fused-ring (bicyclic) bond motifs is 1. The molecule has 0 aromatic carbocycles. The summed E-state index contributed by atoms with van der Waals surface area (Å²) >= 11 is 1.56. The normalized spacial score (nSPS) is 11.9. The van der Waals surface area contributed by atoms with Gasteiger partial charge in [-0.2, -0.15) is 4.98 Å². The van der Waals surface area contributed by atoms with Crippen molar-refractivity contribution in [2.45, 2.75) is 13.3 Å². The second kappa shape index (κ2) is 5.90. The molecule has 0 radical (unpaired) electrons. The largest absolute Gasteiger partial charge is 0.369 e. The molecule has 0 aliphatic heterocycles. The Bertz CT molecular complexity index is 711. The van der Waals surface area contributed by atoms with Crippen molar-refractivity contribution in [3.63, 3.8) is 0 Å². The van der Waals surface area contributed by atoms with E-state index in [9.17, 15) is 8.42 Å². The minimum absolute atomic E-state index is 0.233. The second-order valence-electron chi connectivity index (χ2n) is 4.45. The van der Waals surface area contributed by atoms with Crippen LogP contribution in [0.5, 0.6) is 0 Å². The van der Waals surface area contributed by atoms with Crippen molar-refractivity contribution in [1.82, 2.24) is 14.7 Å². The molecule has 2 aromatic rings. The number of hydrogen-bond donors (Lipinski definition) is 3. The Labute approximate surface area is 121 Å². The monoisotopic (exact) mass is 315 g/mol. The Kier molecular flexibility index (Phi) is 4.41. The number of sulfonamides is 1. The van der Waals surface area contributed by atoms with Crippen LogP contribution in [0.15, 0.2) is 6.07 Å². The van der Waals surface area contributed by atoms with E-state index in [0.717, 1.165) is 21.3 Å². The third kappa shape index (κ3) is 4.02. The standard InChI is InChI=1S/C11H17N5O2S2/c1-7-6-8-9(15-11(12)16-10(8)19-7)13-4-3-5-14-20(2,17)18/h6,14H,3-5H2,1-2H3,(H3,12,13,15,16). The van der Waals surface area contributed by atoms with Gasteiger partial charge in [-0.1, -0.05) is 0 Å². The molecule has 0 fully saturated rings. The van der Waals surface area contributed by atoms with Crippen molar-refractivity contribution in [2.75, 3.05) is 30.4 Å². The van der Waals surface area contributed by atoms with Gasteiger partial charge in [0.2, 0.25) is 16.0 Å². The molecule has 0 atom stereocenters. The fourth-order valence-corrected chi connectivity index (χ4v) is 3.15. The Balaban J connectivity index is 1.99. The fraction of sp³-hybridized carbons (Fsp3) is 0.455. The number of rotatable bonds is 6. The SMILES string of the molecule is Cc1cc2c(NCCCNS(C)(=O)=O)nc(N)nc2s1. The molecular weight excluding hydrogens is 298 g/mol. The zero-order valence-corrected chi connectivity index (χ0v) is 12.9. The first-order chi connectivity index (χ1) is 9.35. The molecule has 20 heavy (non-hydrogen) atoms. The van der Waals surface area contributed by atoms with Gasteiger partial charge in [0.15, 0.2) is 0 Å². The molecule has 9 heteroatoms. The van der Waals surface area contributed by atoms with Gasteiger partial charge in [0.05, 0.1) is 11.6 Å². The molecule has 0 saturated heterocycles. The van der Waals surface area contributed by atoms with Crippen LogP contribution in [-0.2, 0) is 10.0 Å². The van der Waals surface area contributed by atoms with Crippen molar-refractivity contribution in [3.05, 3.63) is 10.9 Å². The van der Waals surface area contributed by atoms with Crippen molar-refractivity contribution in [1.29, 1.82) is 0 Å². The highest BCUT2D eigenvalue weighted by atomic mass is 32.2. The fourth-order valence-electron chi connectivity index (χ4n) is 1.75. The van der Waals surface area contributed by atoms with E-state index in [-0.39, 0.29) is 5.95 Å². The first kappa shape index (κ1) is 14.9. The summed E-state index contributed by atoms with van der Waals surface area (Å²) < 4.78 is 24.3. The number of nitrogens with one attached hydrogen (secondary N) is 2. The Morgan fingerprint density at radius 2 is 2.10 bits per heavy atom. The molecule has 0 saturated carbocycles. The van der Waals surface area contributed by atoms with E-state index in [1.807, 2.05) is 13.0 Å². The summed E-state index contributed by atoms with van der Waals surface area (Å²) in [6.07, 6.45) is 1.80. The van der Waals surface area contributed by atoms with Crippen LogP contribution in [-0.4, -0.2) is 37.7 Å². The van der Waals surface area contributed by atoms with Crippen LogP contribution in [0.25, 0.3) is 10.2 Å². The van der Waals surface area contributed by atoms with Crippen molar-refractivity contribution in [3.8, 4) is 0 Å². The van der Waals surface area contributed by atoms with Crippen LogP contribution in [0.4, 0.5) is 11.8 Å². The maximum absolute atomic E-state index is 10.9. The molecule has 0 aliphatic carbocycles. The highest BCUT2D eigenvalue weighted by Gasteiger charge is 2.08. The third-order valence-electron chi connectivity index (χ3n) is 2.54. The van der Waals surface area contributed by atoms with Crippen LogP contribution < -0.4 is 15.8 Å². The number of nitrogens with zero attached hydrogens (tertiary/aromatic N) is 2. The van der Waals surface area contributed by atoms with Gasteiger partial charge in [0, 0.05) is 18.0 Å². The lowest BCUT2D eigenvalue weighted by atomic mass is 10.3. The summed E-state index contributed by atoms with van der Waals surface area (Å²) in [6, 6.07) is 2.01. The molecular formula is C11H17N5O2S2. The lowest BCUT2D eigenvalue weighted by Gasteiger charge is -2.07. The molecule has 0 aliphatic rings. The molecule has 2 rings (SSSR count). The molecule has 0 unspecified atom stereocenters. The van der Waals surface area contributed by atoms with Crippen molar-refractivity contribution < 1.29 is 8.42 Å². The smallest absolute Gasteiger partial charge is 0.223 e. The Morgan fingerprint density at radius 1 is 1.35 bits per heavy atom. The summed E-state index contributed by atoms with van der Waals surface area (Å²) in [5.74, 6) is 0.923. The minimum Gasteiger partial charge on any atom is -0.369 e. The van der Waals surface area contributed by atoms with Crippen LogP contribution in [0.2, 0.25) is 0 Å². The number of anilines is 2. The van der Waals surface area contributed by atoms with E-state index < -0.39 is 10.0 Å². The summed E-state index contributed by atoms with van der Waals surface area (Å²) in [5.41, 5.74) is 5.67. The van der Waals surface area contributed by atoms with E-state index in [2.05, 4.69) is 20.0 Å². The molecule has 4 N–H and O–H groups in total. The van der Waals surface area contributed by atoms with E-state index in [0.29, 0.717) is 25.3 Å². The lowest BCUT2D eigenvalue weighted by molar-refractivity contribution is 0.586. The van der Waals surface area contributed by atoms with E-state index in [1.165, 1.54) is 0 Å². The van der Waals surface area contributed by atoms with Gasteiger partial charge >= 0.3 is 0 Å². The predicted octanol–water partition coefficient (Wildman–Crippen LogP) is 0.933. The Morgan fingerprint density at radius 3 is 2.80 bits per heavy atom. The highest BCUT2D eigenvalue weighted by molar-refractivity contribution is 7.88. The molecule has 7 nitrogen and oxygen atoms in total. The molecule has 110 valence electrons. The van der Waals surface area contributed by atoms with Gasteiger partial charge in [-0.3, -0.25) is 0 Å². The molecule has 2 heterocycles. The summed E-state index contributed by atoms with van der Waals surface area (Å²) in [4.78, 5) is 10.4. The first-order valence-corrected chi connectivity index (χ1v) is 8.78. The van der Waals surface area contributed by atoms with Gasteiger partial charge in [-0.15, -0.1) is 11.3 Å². The summed E-state index contributed by atoms with van der Waals surface area (Å²) in [5, 5.41) is 4.11. The van der Waals surface area contributed by atoms with E-state index in [1.54, 1.807) is 11.3 Å². The first-order valence-electron chi connectivity index (χ1n) is 6.07. The lowest BCUT2D eigenvalue weighted by Crippen LogP contribution is -2.24.